The molecule has 0 radical (unpaired) electrons. The van der Waals surface area contributed by atoms with Crippen molar-refractivity contribution in [2.75, 3.05) is 5.32 Å². The Bertz CT molecular complexity index is 756. The van der Waals surface area contributed by atoms with E-state index in [9.17, 15) is 18.0 Å². The smallest absolute Gasteiger partial charge is 0.227 e. The molecule has 0 aliphatic heterocycles. The molecule has 1 fully saturated rings. The van der Waals surface area contributed by atoms with Gasteiger partial charge in [0.2, 0.25) is 5.91 Å². The molecule has 2 aromatic rings. The highest BCUT2D eigenvalue weighted by molar-refractivity contribution is 5.97. The zero-order chi connectivity index (χ0) is 17.3. The Hall–Kier alpha value is -2.34. The van der Waals surface area contributed by atoms with Crippen LogP contribution in [0, 0.1) is 23.4 Å². The number of benzene rings is 2. The molecule has 0 aromatic heterocycles. The largest absolute Gasteiger partial charge is 0.328 e. The van der Waals surface area contributed by atoms with Crippen molar-refractivity contribution in [2.24, 2.45) is 11.7 Å². The number of amides is 1. The number of hydrogen-bond acceptors (Lipinski definition) is 2. The fourth-order valence-electron chi connectivity index (χ4n) is 3.04. The Morgan fingerprint density at radius 1 is 1.08 bits per heavy atom. The topological polar surface area (TPSA) is 55.1 Å². The Balaban J connectivity index is 1.90. The second-order valence-electron chi connectivity index (χ2n) is 6.06. The van der Waals surface area contributed by atoms with Gasteiger partial charge in [0.1, 0.15) is 0 Å². The van der Waals surface area contributed by atoms with Crippen molar-refractivity contribution < 1.29 is 18.0 Å². The first-order valence-corrected chi connectivity index (χ1v) is 7.76. The van der Waals surface area contributed by atoms with Crippen molar-refractivity contribution >= 4 is 11.6 Å². The van der Waals surface area contributed by atoms with Crippen molar-refractivity contribution in [3.8, 4) is 11.1 Å². The van der Waals surface area contributed by atoms with E-state index in [1.54, 1.807) is 24.3 Å². The first kappa shape index (κ1) is 16.5. The Morgan fingerprint density at radius 2 is 1.75 bits per heavy atom. The van der Waals surface area contributed by atoms with Crippen LogP contribution in [0.4, 0.5) is 18.9 Å². The van der Waals surface area contributed by atoms with Crippen molar-refractivity contribution in [2.45, 2.75) is 25.3 Å². The highest BCUT2D eigenvalue weighted by atomic mass is 19.2. The average molecular weight is 334 g/mol. The summed E-state index contributed by atoms with van der Waals surface area (Å²) in [5, 5.41) is 2.79. The second kappa shape index (κ2) is 6.65. The first-order valence-electron chi connectivity index (χ1n) is 7.76. The lowest BCUT2D eigenvalue weighted by Crippen LogP contribution is -2.23. The zero-order valence-corrected chi connectivity index (χ0v) is 12.9. The van der Waals surface area contributed by atoms with E-state index in [1.165, 1.54) is 0 Å². The lowest BCUT2D eigenvalue weighted by Gasteiger charge is -2.15. The predicted molar refractivity (Wildman–Crippen MR) is 85.7 cm³/mol. The molecular weight excluding hydrogens is 317 g/mol. The molecule has 0 spiro atoms. The second-order valence-corrected chi connectivity index (χ2v) is 6.06. The molecule has 3 rings (SSSR count). The molecule has 2 atom stereocenters. The van der Waals surface area contributed by atoms with Gasteiger partial charge in [-0.2, -0.15) is 0 Å². The Morgan fingerprint density at radius 3 is 2.38 bits per heavy atom. The van der Waals surface area contributed by atoms with E-state index >= 15 is 0 Å². The summed E-state index contributed by atoms with van der Waals surface area (Å²) in [5.41, 5.74) is 6.83. The molecule has 126 valence electrons. The van der Waals surface area contributed by atoms with Crippen LogP contribution in [0.2, 0.25) is 0 Å². The molecule has 3 N–H and O–H groups in total. The summed E-state index contributed by atoms with van der Waals surface area (Å²) in [6.45, 7) is 0. The minimum atomic E-state index is -1.51. The van der Waals surface area contributed by atoms with Gasteiger partial charge in [-0.25, -0.2) is 13.2 Å². The molecule has 1 saturated carbocycles. The molecule has 2 aromatic carbocycles. The minimum Gasteiger partial charge on any atom is -0.328 e. The van der Waals surface area contributed by atoms with Crippen LogP contribution >= 0.6 is 0 Å². The number of para-hydroxylation sites is 1. The predicted octanol–water partition coefficient (Wildman–Crippen LogP) is 3.84. The number of halogens is 3. The van der Waals surface area contributed by atoms with Crippen LogP contribution in [0.5, 0.6) is 0 Å². The van der Waals surface area contributed by atoms with Gasteiger partial charge in [0.15, 0.2) is 17.5 Å². The molecule has 2 unspecified atom stereocenters. The standard InChI is InChI=1S/C18H17F3N2O/c19-14-8-11(9-15(20)17(14)21)13-3-1-2-4-16(13)23-18(24)10-5-6-12(22)7-10/h1-4,8-10,12H,5-7,22H2,(H,23,24). The van der Waals surface area contributed by atoms with Crippen LogP contribution in [-0.4, -0.2) is 11.9 Å². The minimum absolute atomic E-state index is 0.0243. The van der Waals surface area contributed by atoms with Gasteiger partial charge in [-0.1, -0.05) is 18.2 Å². The van der Waals surface area contributed by atoms with Crippen molar-refractivity contribution in [3.05, 3.63) is 53.8 Å². The van der Waals surface area contributed by atoms with Crippen molar-refractivity contribution in [1.82, 2.24) is 0 Å². The SMILES string of the molecule is NC1CCC(C(=O)Nc2ccccc2-c2cc(F)c(F)c(F)c2)C1. The molecule has 1 aliphatic rings. The summed E-state index contributed by atoms with van der Waals surface area (Å²) >= 11 is 0. The van der Waals surface area contributed by atoms with Crippen LogP contribution in [0.25, 0.3) is 11.1 Å². The maximum absolute atomic E-state index is 13.5. The molecule has 6 heteroatoms. The van der Waals surface area contributed by atoms with Gasteiger partial charge in [0.05, 0.1) is 0 Å². The number of nitrogens with one attached hydrogen (secondary N) is 1. The number of carbonyl (C=O) groups is 1. The third-order valence-electron chi connectivity index (χ3n) is 4.32. The van der Waals surface area contributed by atoms with Crippen LogP contribution in [0.3, 0.4) is 0 Å². The Kier molecular flexibility index (Phi) is 4.57. The summed E-state index contributed by atoms with van der Waals surface area (Å²) in [7, 11) is 0. The summed E-state index contributed by atoms with van der Waals surface area (Å²) in [4.78, 5) is 12.4. The van der Waals surface area contributed by atoms with Gasteiger partial charge in [-0.15, -0.1) is 0 Å². The molecule has 1 aliphatic carbocycles. The molecule has 1 amide bonds. The van der Waals surface area contributed by atoms with Gasteiger partial charge in [-0.05, 0) is 43.0 Å². The lowest BCUT2D eigenvalue weighted by molar-refractivity contribution is -0.119. The van der Waals surface area contributed by atoms with Gasteiger partial charge < -0.3 is 11.1 Å². The van der Waals surface area contributed by atoms with E-state index in [0.717, 1.165) is 25.0 Å². The fraction of sp³-hybridized carbons (Fsp3) is 0.278. The number of nitrogens with two attached hydrogens (primary N) is 1. The fourth-order valence-corrected chi connectivity index (χ4v) is 3.04. The highest BCUT2D eigenvalue weighted by Gasteiger charge is 2.28. The maximum atomic E-state index is 13.5. The normalized spacial score (nSPS) is 20.2. The molecule has 0 saturated heterocycles. The Labute approximate surface area is 137 Å². The average Bonchev–Trinajstić information content (AvgIpc) is 2.99. The monoisotopic (exact) mass is 334 g/mol. The van der Waals surface area contributed by atoms with Crippen LogP contribution in [0.1, 0.15) is 19.3 Å². The van der Waals surface area contributed by atoms with E-state index in [1.807, 2.05) is 0 Å². The summed E-state index contributed by atoms with van der Waals surface area (Å²) < 4.78 is 40.1. The van der Waals surface area contributed by atoms with Crippen LogP contribution in [-0.2, 0) is 4.79 Å². The van der Waals surface area contributed by atoms with Crippen LogP contribution in [0.15, 0.2) is 36.4 Å². The van der Waals surface area contributed by atoms with Gasteiger partial charge >= 0.3 is 0 Å². The third-order valence-corrected chi connectivity index (χ3v) is 4.32. The van der Waals surface area contributed by atoms with E-state index in [4.69, 9.17) is 5.73 Å². The van der Waals surface area contributed by atoms with Gasteiger partial charge in [0.25, 0.3) is 0 Å². The van der Waals surface area contributed by atoms with Crippen molar-refractivity contribution in [1.29, 1.82) is 0 Å². The molecule has 24 heavy (non-hydrogen) atoms. The molecule has 3 nitrogen and oxygen atoms in total. The number of anilines is 1. The number of rotatable bonds is 3. The van der Waals surface area contributed by atoms with Crippen molar-refractivity contribution in [3.63, 3.8) is 0 Å². The van der Waals surface area contributed by atoms with Gasteiger partial charge in [0, 0.05) is 23.2 Å². The summed E-state index contributed by atoms with van der Waals surface area (Å²) in [6.07, 6.45) is 2.14. The third kappa shape index (κ3) is 3.28. The first-order chi connectivity index (χ1) is 11.5. The molecule has 0 heterocycles. The van der Waals surface area contributed by atoms with Crippen LogP contribution < -0.4 is 11.1 Å². The maximum Gasteiger partial charge on any atom is 0.227 e. The zero-order valence-electron chi connectivity index (χ0n) is 12.9. The quantitative estimate of drug-likeness (QED) is 0.838. The highest BCUT2D eigenvalue weighted by Crippen LogP contribution is 2.32. The molecular formula is C18H17F3N2O. The summed E-state index contributed by atoms with van der Waals surface area (Å²) in [5.74, 6) is -4.39. The molecule has 0 bridgehead atoms. The number of hydrogen-bond donors (Lipinski definition) is 2. The van der Waals surface area contributed by atoms with E-state index < -0.39 is 17.5 Å². The lowest BCUT2D eigenvalue weighted by atomic mass is 10.0. The summed E-state index contributed by atoms with van der Waals surface area (Å²) in [6, 6.07) is 8.48. The van der Waals surface area contributed by atoms with Gasteiger partial charge in [-0.3, -0.25) is 4.79 Å². The van der Waals surface area contributed by atoms with E-state index in [-0.39, 0.29) is 23.4 Å². The van der Waals surface area contributed by atoms with E-state index in [2.05, 4.69) is 5.32 Å². The number of carbonyl (C=O) groups excluding carboxylic acids is 1. The van der Waals surface area contributed by atoms with E-state index in [0.29, 0.717) is 17.7 Å².